The van der Waals surface area contributed by atoms with Crippen LogP contribution in [0.15, 0.2) is 24.3 Å². The van der Waals surface area contributed by atoms with Crippen molar-refractivity contribution >= 4 is 11.5 Å². The van der Waals surface area contributed by atoms with Crippen molar-refractivity contribution in [2.75, 3.05) is 4.90 Å². The molecule has 0 aliphatic carbocycles. The number of benzene rings is 1. The molecular formula is C23H38N2O. The molecule has 1 aromatic rings. The Bertz CT molecular complexity index is 643. The number of nitrogens with one attached hydrogen (secondary N) is 1. The number of para-hydroxylation sites is 1. The van der Waals surface area contributed by atoms with E-state index in [1.165, 1.54) is 11.3 Å². The SMILES string of the molecule is CC(C)(C)N[C@@H](CC1Cc2ccccc2N1C(C)(C)C)C(=O)C(C)(C)C. The Morgan fingerprint density at radius 1 is 1.08 bits per heavy atom. The summed E-state index contributed by atoms with van der Waals surface area (Å²) in [5.74, 6) is 0.303. The Morgan fingerprint density at radius 3 is 2.15 bits per heavy atom. The number of carbonyl (C=O) groups is 1. The van der Waals surface area contributed by atoms with Crippen LogP contribution in [0, 0.1) is 5.41 Å². The van der Waals surface area contributed by atoms with E-state index in [-0.39, 0.29) is 22.5 Å². The van der Waals surface area contributed by atoms with Gasteiger partial charge in [-0.2, -0.15) is 0 Å². The number of ketones is 1. The topological polar surface area (TPSA) is 32.3 Å². The fourth-order valence-electron chi connectivity index (χ4n) is 4.11. The average Bonchev–Trinajstić information content (AvgIpc) is 2.81. The molecule has 1 N–H and O–H groups in total. The molecule has 0 saturated heterocycles. The number of Topliss-reactive ketones (excluding diaryl/α,β-unsaturated/α-hetero) is 1. The second kappa shape index (κ2) is 6.99. The lowest BCUT2D eigenvalue weighted by Gasteiger charge is -2.42. The van der Waals surface area contributed by atoms with E-state index >= 15 is 0 Å². The second-order valence-corrected chi connectivity index (χ2v) is 10.8. The summed E-state index contributed by atoms with van der Waals surface area (Å²) in [5.41, 5.74) is 2.30. The molecule has 1 unspecified atom stereocenters. The quantitative estimate of drug-likeness (QED) is 0.824. The third-order valence-electron chi connectivity index (χ3n) is 4.97. The van der Waals surface area contributed by atoms with E-state index in [1.807, 2.05) is 20.8 Å². The highest BCUT2D eigenvalue weighted by atomic mass is 16.1. The molecule has 2 atom stereocenters. The molecule has 1 aliphatic heterocycles. The van der Waals surface area contributed by atoms with E-state index in [1.54, 1.807) is 0 Å². The van der Waals surface area contributed by atoms with Crippen molar-refractivity contribution in [3.8, 4) is 0 Å². The average molecular weight is 359 g/mol. The van der Waals surface area contributed by atoms with Crippen molar-refractivity contribution in [2.24, 2.45) is 5.41 Å². The number of fused-ring (bicyclic) bond motifs is 1. The van der Waals surface area contributed by atoms with Crippen LogP contribution in [-0.2, 0) is 11.2 Å². The van der Waals surface area contributed by atoms with Gasteiger partial charge in [-0.1, -0.05) is 39.0 Å². The van der Waals surface area contributed by atoms with Crippen molar-refractivity contribution in [1.82, 2.24) is 5.32 Å². The fraction of sp³-hybridized carbons (Fsp3) is 0.696. The molecule has 0 saturated carbocycles. The lowest BCUT2D eigenvalue weighted by Crippen LogP contribution is -2.55. The predicted molar refractivity (Wildman–Crippen MR) is 112 cm³/mol. The van der Waals surface area contributed by atoms with Gasteiger partial charge in [0, 0.05) is 28.2 Å². The number of nitrogens with zero attached hydrogens (tertiary/aromatic N) is 1. The van der Waals surface area contributed by atoms with E-state index in [0.29, 0.717) is 11.8 Å². The highest BCUT2D eigenvalue weighted by Gasteiger charge is 2.40. The van der Waals surface area contributed by atoms with Crippen LogP contribution in [-0.4, -0.2) is 28.9 Å². The van der Waals surface area contributed by atoms with E-state index in [0.717, 1.165) is 12.8 Å². The molecule has 1 aromatic carbocycles. The first-order chi connectivity index (χ1) is 11.7. The lowest BCUT2D eigenvalue weighted by atomic mass is 9.82. The van der Waals surface area contributed by atoms with Crippen molar-refractivity contribution < 1.29 is 4.79 Å². The summed E-state index contributed by atoms with van der Waals surface area (Å²) in [6, 6.07) is 8.88. The van der Waals surface area contributed by atoms with E-state index in [2.05, 4.69) is 76.0 Å². The smallest absolute Gasteiger partial charge is 0.155 e. The number of hydrogen-bond acceptors (Lipinski definition) is 3. The molecule has 3 heteroatoms. The first-order valence-electron chi connectivity index (χ1n) is 9.89. The van der Waals surface area contributed by atoms with Crippen LogP contribution >= 0.6 is 0 Å². The van der Waals surface area contributed by atoms with Crippen molar-refractivity contribution in [1.29, 1.82) is 0 Å². The molecule has 0 amide bonds. The Hall–Kier alpha value is -1.35. The number of hydrogen-bond donors (Lipinski definition) is 1. The molecule has 0 bridgehead atoms. The molecule has 2 rings (SSSR count). The maximum Gasteiger partial charge on any atom is 0.155 e. The zero-order valence-electron chi connectivity index (χ0n) is 18.2. The molecule has 0 fully saturated rings. The molecule has 146 valence electrons. The highest BCUT2D eigenvalue weighted by Crippen LogP contribution is 2.39. The first-order valence-corrected chi connectivity index (χ1v) is 9.89. The zero-order chi connectivity index (χ0) is 19.9. The molecule has 1 heterocycles. The second-order valence-electron chi connectivity index (χ2n) is 10.8. The van der Waals surface area contributed by atoms with Gasteiger partial charge in [0.1, 0.15) is 0 Å². The van der Waals surface area contributed by atoms with Gasteiger partial charge < -0.3 is 10.2 Å². The molecule has 3 nitrogen and oxygen atoms in total. The number of carbonyl (C=O) groups excluding carboxylic acids is 1. The van der Waals surface area contributed by atoms with E-state index in [9.17, 15) is 4.79 Å². The lowest BCUT2D eigenvalue weighted by molar-refractivity contribution is -0.129. The van der Waals surface area contributed by atoms with Crippen LogP contribution in [0.3, 0.4) is 0 Å². The molecule has 0 aromatic heterocycles. The van der Waals surface area contributed by atoms with Gasteiger partial charge in [0.15, 0.2) is 5.78 Å². The molecule has 1 aliphatic rings. The largest absolute Gasteiger partial charge is 0.363 e. The summed E-state index contributed by atoms with van der Waals surface area (Å²) in [7, 11) is 0. The molecule has 26 heavy (non-hydrogen) atoms. The summed E-state index contributed by atoms with van der Waals surface area (Å²) in [4.78, 5) is 15.7. The third-order valence-corrected chi connectivity index (χ3v) is 4.97. The Labute approximate surface area is 160 Å². The summed E-state index contributed by atoms with van der Waals surface area (Å²) in [6.07, 6.45) is 1.84. The minimum Gasteiger partial charge on any atom is -0.363 e. The van der Waals surface area contributed by atoms with Crippen LogP contribution in [0.2, 0.25) is 0 Å². The maximum absolute atomic E-state index is 13.2. The van der Waals surface area contributed by atoms with Crippen molar-refractivity contribution in [2.45, 2.75) is 98.3 Å². The minimum atomic E-state index is -0.346. The number of anilines is 1. The fourth-order valence-corrected chi connectivity index (χ4v) is 4.11. The zero-order valence-corrected chi connectivity index (χ0v) is 18.2. The summed E-state index contributed by atoms with van der Waals surface area (Å²) < 4.78 is 0. The number of rotatable bonds is 4. The van der Waals surface area contributed by atoms with Crippen LogP contribution in [0.25, 0.3) is 0 Å². The first kappa shape index (κ1) is 21.0. The van der Waals surface area contributed by atoms with Gasteiger partial charge in [0.2, 0.25) is 0 Å². The Balaban J connectivity index is 2.33. The van der Waals surface area contributed by atoms with Crippen LogP contribution < -0.4 is 10.2 Å². The predicted octanol–water partition coefficient (Wildman–Crippen LogP) is 4.98. The van der Waals surface area contributed by atoms with Crippen molar-refractivity contribution in [3.63, 3.8) is 0 Å². The molecule has 0 spiro atoms. The standard InChI is InChI=1S/C23H38N2O/c1-21(2,3)20(26)18(24-22(4,5)6)15-17-14-16-12-10-11-13-19(16)25(17)23(7,8)9/h10-13,17-18,24H,14-15H2,1-9H3/t17?,18-/m0/s1. The van der Waals surface area contributed by atoms with Crippen LogP contribution in [0.5, 0.6) is 0 Å². The van der Waals surface area contributed by atoms with Crippen molar-refractivity contribution in [3.05, 3.63) is 29.8 Å². The van der Waals surface area contributed by atoms with Gasteiger partial charge in [0.25, 0.3) is 0 Å². The normalized spacial score (nSPS) is 19.4. The molecular weight excluding hydrogens is 320 g/mol. The summed E-state index contributed by atoms with van der Waals surface area (Å²) >= 11 is 0. The third kappa shape index (κ3) is 4.88. The summed E-state index contributed by atoms with van der Waals surface area (Å²) in [6.45, 7) is 19.3. The van der Waals surface area contributed by atoms with Gasteiger partial charge in [-0.3, -0.25) is 4.79 Å². The minimum absolute atomic E-state index is 0.0222. The van der Waals surface area contributed by atoms with Gasteiger partial charge in [0.05, 0.1) is 6.04 Å². The van der Waals surface area contributed by atoms with Gasteiger partial charge in [-0.15, -0.1) is 0 Å². The Kier molecular flexibility index (Phi) is 5.64. The van der Waals surface area contributed by atoms with Crippen LogP contribution in [0.4, 0.5) is 5.69 Å². The monoisotopic (exact) mass is 358 g/mol. The van der Waals surface area contributed by atoms with Gasteiger partial charge >= 0.3 is 0 Å². The summed E-state index contributed by atoms with van der Waals surface area (Å²) in [5, 5.41) is 3.61. The van der Waals surface area contributed by atoms with Gasteiger partial charge in [-0.25, -0.2) is 0 Å². The van der Waals surface area contributed by atoms with Crippen LogP contribution in [0.1, 0.15) is 74.3 Å². The molecule has 0 radical (unpaired) electrons. The van der Waals surface area contributed by atoms with E-state index in [4.69, 9.17) is 0 Å². The highest BCUT2D eigenvalue weighted by molar-refractivity contribution is 5.89. The Morgan fingerprint density at radius 2 is 1.65 bits per heavy atom. The maximum atomic E-state index is 13.2. The van der Waals surface area contributed by atoms with E-state index < -0.39 is 0 Å². The van der Waals surface area contributed by atoms with Gasteiger partial charge in [-0.05, 0) is 66.0 Å².